The summed E-state index contributed by atoms with van der Waals surface area (Å²) in [5.41, 5.74) is 8.71. The van der Waals surface area contributed by atoms with Crippen LogP contribution in [0.15, 0.2) is 41.8 Å². The predicted octanol–water partition coefficient (Wildman–Crippen LogP) is 2.97. The number of benzene rings is 1. The lowest BCUT2D eigenvalue weighted by molar-refractivity contribution is -0.118. The van der Waals surface area contributed by atoms with Crippen LogP contribution in [0.2, 0.25) is 0 Å². The summed E-state index contributed by atoms with van der Waals surface area (Å²) in [7, 11) is 1.73. The summed E-state index contributed by atoms with van der Waals surface area (Å²) in [5.74, 6) is -0.333. The molecule has 3 N–H and O–H groups in total. The van der Waals surface area contributed by atoms with Crippen LogP contribution in [0.1, 0.15) is 22.2 Å². The number of carbonyl (C=O) groups excluding carboxylic acids is 1. The van der Waals surface area contributed by atoms with Gasteiger partial charge in [-0.3, -0.25) is 4.79 Å². The zero-order valence-corrected chi connectivity index (χ0v) is 15.3. The molecule has 0 aliphatic carbocycles. The number of nitrogens with two attached hydrogens (primary N) is 1. The Labute approximate surface area is 151 Å². The van der Waals surface area contributed by atoms with Crippen LogP contribution < -0.4 is 11.1 Å². The number of ether oxygens (including phenoxy) is 1. The van der Waals surface area contributed by atoms with Crippen molar-refractivity contribution in [1.29, 1.82) is 0 Å². The van der Waals surface area contributed by atoms with Gasteiger partial charge in [0.1, 0.15) is 12.6 Å². The van der Waals surface area contributed by atoms with E-state index < -0.39 is 0 Å². The van der Waals surface area contributed by atoms with E-state index in [0.29, 0.717) is 6.54 Å². The second kappa shape index (κ2) is 7.82. The molecule has 3 aromatic rings. The first-order chi connectivity index (χ1) is 12.1. The SMILES string of the molecule is COC(CNCc1c(C)n(CC(N)=O)c2ccccc12)c1cccs1. The molecule has 2 aromatic heterocycles. The monoisotopic (exact) mass is 357 g/mol. The van der Waals surface area contributed by atoms with E-state index in [-0.39, 0.29) is 18.6 Å². The molecular weight excluding hydrogens is 334 g/mol. The van der Waals surface area contributed by atoms with Crippen LogP contribution in [0.4, 0.5) is 0 Å². The average Bonchev–Trinajstić information content (AvgIpc) is 3.21. The number of para-hydroxylation sites is 1. The van der Waals surface area contributed by atoms with Crippen molar-refractivity contribution in [3.05, 3.63) is 57.9 Å². The molecule has 6 heteroatoms. The Kier molecular flexibility index (Phi) is 5.53. The number of nitrogens with one attached hydrogen (secondary N) is 1. The topological polar surface area (TPSA) is 69.3 Å². The van der Waals surface area contributed by atoms with Gasteiger partial charge >= 0.3 is 0 Å². The third kappa shape index (κ3) is 3.76. The van der Waals surface area contributed by atoms with Crippen molar-refractivity contribution in [3.8, 4) is 0 Å². The molecule has 3 rings (SSSR count). The number of carbonyl (C=O) groups is 1. The highest BCUT2D eigenvalue weighted by Gasteiger charge is 2.16. The fourth-order valence-electron chi connectivity index (χ4n) is 3.19. The van der Waals surface area contributed by atoms with Crippen molar-refractivity contribution in [2.75, 3.05) is 13.7 Å². The van der Waals surface area contributed by atoms with Crippen LogP contribution in [-0.4, -0.2) is 24.1 Å². The van der Waals surface area contributed by atoms with Gasteiger partial charge in [-0.05, 0) is 30.0 Å². The molecule has 0 aliphatic rings. The second-order valence-corrected chi connectivity index (χ2v) is 6.98. The van der Waals surface area contributed by atoms with E-state index in [4.69, 9.17) is 10.5 Å². The molecule has 2 heterocycles. The molecule has 0 radical (unpaired) electrons. The minimum atomic E-state index is -0.333. The second-order valence-electron chi connectivity index (χ2n) is 6.00. The van der Waals surface area contributed by atoms with E-state index in [9.17, 15) is 4.79 Å². The first-order valence-corrected chi connectivity index (χ1v) is 9.11. The van der Waals surface area contributed by atoms with Crippen molar-refractivity contribution < 1.29 is 9.53 Å². The molecule has 0 spiro atoms. The minimum Gasteiger partial charge on any atom is -0.375 e. The molecule has 25 heavy (non-hydrogen) atoms. The number of rotatable bonds is 8. The fraction of sp³-hybridized carbons (Fsp3) is 0.316. The smallest absolute Gasteiger partial charge is 0.237 e. The van der Waals surface area contributed by atoms with Gasteiger partial charge in [0.15, 0.2) is 0 Å². The molecule has 0 saturated heterocycles. The molecule has 0 bridgehead atoms. The standard InChI is InChI=1S/C19H23N3O2S/c1-13-15(10-21-11-17(24-2)18-8-5-9-25-18)14-6-3-4-7-16(14)22(13)12-19(20)23/h3-9,17,21H,10-12H2,1-2H3,(H2,20,23). The van der Waals surface area contributed by atoms with E-state index in [1.54, 1.807) is 18.4 Å². The van der Waals surface area contributed by atoms with Crippen LogP contribution in [0.5, 0.6) is 0 Å². The average molecular weight is 357 g/mol. The summed E-state index contributed by atoms with van der Waals surface area (Å²) < 4.78 is 7.58. The Hall–Kier alpha value is -2.15. The third-order valence-electron chi connectivity index (χ3n) is 4.45. The van der Waals surface area contributed by atoms with E-state index in [1.807, 2.05) is 35.8 Å². The number of thiophene rings is 1. The number of primary amides is 1. The normalized spacial score (nSPS) is 12.6. The number of hydrogen-bond acceptors (Lipinski definition) is 4. The first-order valence-electron chi connectivity index (χ1n) is 8.23. The lowest BCUT2D eigenvalue weighted by atomic mass is 10.1. The molecule has 5 nitrogen and oxygen atoms in total. The fourth-order valence-corrected chi connectivity index (χ4v) is 3.99. The Morgan fingerprint density at radius 3 is 2.80 bits per heavy atom. The number of amides is 1. The van der Waals surface area contributed by atoms with Crippen LogP contribution in [0.3, 0.4) is 0 Å². The highest BCUT2D eigenvalue weighted by atomic mass is 32.1. The van der Waals surface area contributed by atoms with Crippen LogP contribution >= 0.6 is 11.3 Å². The van der Waals surface area contributed by atoms with Crippen molar-refractivity contribution in [1.82, 2.24) is 9.88 Å². The summed E-state index contributed by atoms with van der Waals surface area (Å²) in [5, 5.41) is 6.70. The van der Waals surface area contributed by atoms with Gasteiger partial charge in [0.05, 0.1) is 0 Å². The Morgan fingerprint density at radius 1 is 1.32 bits per heavy atom. The van der Waals surface area contributed by atoms with Crippen molar-refractivity contribution in [2.24, 2.45) is 5.73 Å². The van der Waals surface area contributed by atoms with Gasteiger partial charge in [-0.15, -0.1) is 11.3 Å². The lowest BCUT2D eigenvalue weighted by Crippen LogP contribution is -2.22. The molecular formula is C19H23N3O2S. The number of fused-ring (bicyclic) bond motifs is 1. The maximum Gasteiger partial charge on any atom is 0.237 e. The minimum absolute atomic E-state index is 0.0410. The van der Waals surface area contributed by atoms with Gasteiger partial charge < -0.3 is 20.4 Å². The van der Waals surface area contributed by atoms with Crippen molar-refractivity contribution >= 4 is 28.1 Å². The van der Waals surface area contributed by atoms with Gasteiger partial charge in [0.25, 0.3) is 0 Å². The van der Waals surface area contributed by atoms with E-state index in [1.165, 1.54) is 10.4 Å². The number of hydrogen-bond donors (Lipinski definition) is 2. The van der Waals surface area contributed by atoms with Crippen molar-refractivity contribution in [3.63, 3.8) is 0 Å². The molecule has 1 amide bonds. The summed E-state index contributed by atoms with van der Waals surface area (Å²) in [6.07, 6.45) is 0.0410. The van der Waals surface area contributed by atoms with Crippen LogP contribution in [-0.2, 0) is 22.6 Å². The van der Waals surface area contributed by atoms with E-state index >= 15 is 0 Å². The Morgan fingerprint density at radius 2 is 2.12 bits per heavy atom. The molecule has 0 saturated carbocycles. The summed E-state index contributed by atoms with van der Waals surface area (Å²) >= 11 is 1.70. The maximum atomic E-state index is 11.4. The molecule has 1 unspecified atom stereocenters. The predicted molar refractivity (Wildman–Crippen MR) is 102 cm³/mol. The van der Waals surface area contributed by atoms with E-state index in [2.05, 4.69) is 22.8 Å². The summed E-state index contributed by atoms with van der Waals surface area (Å²) in [6, 6.07) is 12.2. The summed E-state index contributed by atoms with van der Waals surface area (Å²) in [6.45, 7) is 3.67. The van der Waals surface area contributed by atoms with Gasteiger partial charge in [-0.1, -0.05) is 24.3 Å². The van der Waals surface area contributed by atoms with Gasteiger partial charge in [-0.25, -0.2) is 0 Å². The molecule has 0 fully saturated rings. The van der Waals surface area contributed by atoms with Gasteiger partial charge in [-0.2, -0.15) is 0 Å². The largest absolute Gasteiger partial charge is 0.375 e. The summed E-state index contributed by atoms with van der Waals surface area (Å²) in [4.78, 5) is 12.6. The number of nitrogens with zero attached hydrogens (tertiary/aromatic N) is 1. The zero-order chi connectivity index (χ0) is 17.8. The molecule has 1 aromatic carbocycles. The van der Waals surface area contributed by atoms with Crippen molar-refractivity contribution in [2.45, 2.75) is 26.1 Å². The highest BCUT2D eigenvalue weighted by molar-refractivity contribution is 7.10. The number of aromatic nitrogens is 1. The van der Waals surface area contributed by atoms with Crippen LogP contribution in [0.25, 0.3) is 10.9 Å². The van der Waals surface area contributed by atoms with E-state index in [0.717, 1.165) is 23.1 Å². The Balaban J connectivity index is 1.79. The molecule has 132 valence electrons. The van der Waals surface area contributed by atoms with Crippen LogP contribution in [0, 0.1) is 6.92 Å². The first kappa shape index (κ1) is 17.7. The number of methoxy groups -OCH3 is 1. The van der Waals surface area contributed by atoms with Gasteiger partial charge in [0.2, 0.25) is 5.91 Å². The molecule has 1 atom stereocenters. The maximum absolute atomic E-state index is 11.4. The quantitative estimate of drug-likeness (QED) is 0.651. The zero-order valence-electron chi connectivity index (χ0n) is 14.5. The highest BCUT2D eigenvalue weighted by Crippen LogP contribution is 2.26. The lowest BCUT2D eigenvalue weighted by Gasteiger charge is -2.15. The third-order valence-corrected chi connectivity index (χ3v) is 5.42. The van der Waals surface area contributed by atoms with Gasteiger partial charge in [0, 0.05) is 41.7 Å². The Bertz CT molecular complexity index is 855. The molecule has 0 aliphatic heterocycles.